The molecule has 0 bridgehead atoms. The molecule has 0 aliphatic carbocycles. The molecule has 6 heteroatoms. The molecule has 16 heavy (non-hydrogen) atoms. The number of aromatic amines is 1. The van der Waals surface area contributed by atoms with E-state index in [1.165, 1.54) is 6.20 Å². The number of nitrogens with zero attached hydrogens (tertiary/aromatic N) is 1. The number of nitrogens with one attached hydrogen (secondary N) is 2. The SMILES string of the molecule is C#CCCCCNS(=O)(=O)c1cn[nH]c1C. The first-order valence-electron chi connectivity index (χ1n) is 5.01. The van der Waals surface area contributed by atoms with Crippen LogP contribution in [0.5, 0.6) is 0 Å². The summed E-state index contributed by atoms with van der Waals surface area (Å²) in [6.07, 6.45) is 8.63. The Hall–Kier alpha value is -1.32. The molecule has 0 aliphatic heterocycles. The fourth-order valence-corrected chi connectivity index (χ4v) is 2.46. The highest BCUT2D eigenvalue weighted by molar-refractivity contribution is 7.89. The number of rotatable bonds is 6. The van der Waals surface area contributed by atoms with E-state index in [2.05, 4.69) is 20.8 Å². The van der Waals surface area contributed by atoms with E-state index in [4.69, 9.17) is 6.42 Å². The average molecular weight is 241 g/mol. The van der Waals surface area contributed by atoms with Gasteiger partial charge in [0, 0.05) is 13.0 Å². The average Bonchev–Trinajstić information content (AvgIpc) is 2.65. The first kappa shape index (κ1) is 12.7. The Balaban J connectivity index is 2.48. The third kappa shape index (κ3) is 3.36. The Morgan fingerprint density at radius 3 is 2.88 bits per heavy atom. The molecule has 0 atom stereocenters. The molecule has 0 amide bonds. The van der Waals surface area contributed by atoms with Crippen molar-refractivity contribution in [2.75, 3.05) is 6.54 Å². The van der Waals surface area contributed by atoms with Crippen LogP contribution < -0.4 is 4.72 Å². The molecule has 88 valence electrons. The number of terminal acetylenes is 1. The highest BCUT2D eigenvalue weighted by atomic mass is 32.2. The molecule has 5 nitrogen and oxygen atoms in total. The zero-order valence-corrected chi connectivity index (χ0v) is 9.97. The van der Waals surface area contributed by atoms with E-state index >= 15 is 0 Å². The van der Waals surface area contributed by atoms with E-state index in [0.717, 1.165) is 12.8 Å². The van der Waals surface area contributed by atoms with Crippen molar-refractivity contribution in [3.05, 3.63) is 11.9 Å². The lowest BCUT2D eigenvalue weighted by atomic mass is 10.2. The van der Waals surface area contributed by atoms with Gasteiger partial charge in [-0.15, -0.1) is 12.3 Å². The Kier molecular flexibility index (Phi) is 4.52. The van der Waals surface area contributed by atoms with Crippen LogP contribution in [0, 0.1) is 19.3 Å². The zero-order chi connectivity index (χ0) is 12.0. The van der Waals surface area contributed by atoms with Gasteiger partial charge in [-0.3, -0.25) is 5.10 Å². The van der Waals surface area contributed by atoms with Crippen LogP contribution in [0.2, 0.25) is 0 Å². The number of H-pyrrole nitrogens is 1. The van der Waals surface area contributed by atoms with Gasteiger partial charge < -0.3 is 0 Å². The highest BCUT2D eigenvalue weighted by Gasteiger charge is 2.17. The molecule has 1 aromatic heterocycles. The molecule has 0 saturated heterocycles. The Morgan fingerprint density at radius 1 is 1.56 bits per heavy atom. The van der Waals surface area contributed by atoms with Gasteiger partial charge in [-0.25, -0.2) is 13.1 Å². The minimum atomic E-state index is -3.43. The van der Waals surface area contributed by atoms with Crippen LogP contribution in [0.15, 0.2) is 11.1 Å². The van der Waals surface area contributed by atoms with Crippen LogP contribution >= 0.6 is 0 Å². The second-order valence-corrected chi connectivity index (χ2v) is 5.15. The summed E-state index contributed by atoms with van der Waals surface area (Å²) in [6, 6.07) is 0. The van der Waals surface area contributed by atoms with E-state index < -0.39 is 10.0 Å². The number of unbranched alkanes of at least 4 members (excludes halogenated alkanes) is 2. The molecular formula is C10H15N3O2S. The molecule has 0 aromatic carbocycles. The van der Waals surface area contributed by atoms with Gasteiger partial charge in [-0.1, -0.05) is 0 Å². The quantitative estimate of drug-likeness (QED) is 0.571. The standard InChI is InChI=1S/C10H15N3O2S/c1-3-4-5-6-7-12-16(14,15)10-8-11-13-9(10)2/h1,8,12H,4-7H2,2H3,(H,11,13). The summed E-state index contributed by atoms with van der Waals surface area (Å²) in [5, 5.41) is 6.26. The molecule has 1 rings (SSSR count). The van der Waals surface area contributed by atoms with Crippen molar-refractivity contribution in [1.29, 1.82) is 0 Å². The Morgan fingerprint density at radius 2 is 2.31 bits per heavy atom. The molecular weight excluding hydrogens is 226 g/mol. The maximum absolute atomic E-state index is 11.7. The van der Waals surface area contributed by atoms with Gasteiger partial charge in [0.1, 0.15) is 4.90 Å². The monoisotopic (exact) mass is 241 g/mol. The van der Waals surface area contributed by atoms with Crippen molar-refractivity contribution in [2.45, 2.75) is 31.1 Å². The number of hydrogen-bond donors (Lipinski definition) is 2. The number of aromatic nitrogens is 2. The van der Waals surface area contributed by atoms with Gasteiger partial charge in [-0.2, -0.15) is 5.10 Å². The molecule has 1 heterocycles. The van der Waals surface area contributed by atoms with Gasteiger partial charge in [0.05, 0.1) is 11.9 Å². The summed E-state index contributed by atoms with van der Waals surface area (Å²) in [6.45, 7) is 2.06. The molecule has 0 spiro atoms. The first-order valence-corrected chi connectivity index (χ1v) is 6.49. The van der Waals surface area contributed by atoms with Crippen LogP contribution in [0.25, 0.3) is 0 Å². The Labute approximate surface area is 95.7 Å². The fourth-order valence-electron chi connectivity index (χ4n) is 1.25. The molecule has 0 radical (unpaired) electrons. The van der Waals surface area contributed by atoms with Crippen molar-refractivity contribution < 1.29 is 8.42 Å². The lowest BCUT2D eigenvalue weighted by molar-refractivity contribution is 0.577. The van der Waals surface area contributed by atoms with E-state index in [0.29, 0.717) is 18.7 Å². The first-order chi connectivity index (χ1) is 7.58. The fraction of sp³-hybridized carbons (Fsp3) is 0.500. The molecule has 0 fully saturated rings. The van der Waals surface area contributed by atoms with Crippen molar-refractivity contribution in [2.24, 2.45) is 0 Å². The molecule has 0 aliphatic rings. The predicted molar refractivity (Wildman–Crippen MR) is 61.2 cm³/mol. The molecule has 0 saturated carbocycles. The zero-order valence-electron chi connectivity index (χ0n) is 9.16. The molecule has 2 N–H and O–H groups in total. The Bertz CT molecular complexity index is 470. The summed E-state index contributed by atoms with van der Waals surface area (Å²) in [5.74, 6) is 2.51. The van der Waals surface area contributed by atoms with Crippen LogP contribution in [0.1, 0.15) is 25.0 Å². The van der Waals surface area contributed by atoms with E-state index in [-0.39, 0.29) is 4.90 Å². The van der Waals surface area contributed by atoms with Crippen molar-refractivity contribution in [1.82, 2.24) is 14.9 Å². The van der Waals surface area contributed by atoms with Crippen molar-refractivity contribution in [3.8, 4) is 12.3 Å². The summed E-state index contributed by atoms with van der Waals surface area (Å²) in [5.41, 5.74) is 0.538. The van der Waals surface area contributed by atoms with Gasteiger partial charge in [0.2, 0.25) is 10.0 Å². The third-order valence-electron chi connectivity index (χ3n) is 2.11. The summed E-state index contributed by atoms with van der Waals surface area (Å²) >= 11 is 0. The van der Waals surface area contributed by atoms with Gasteiger partial charge >= 0.3 is 0 Å². The van der Waals surface area contributed by atoms with Gasteiger partial charge in [0.25, 0.3) is 0 Å². The number of aryl methyl sites for hydroxylation is 1. The third-order valence-corrected chi connectivity index (χ3v) is 3.69. The van der Waals surface area contributed by atoms with Gasteiger partial charge in [-0.05, 0) is 19.8 Å². The van der Waals surface area contributed by atoms with Crippen molar-refractivity contribution in [3.63, 3.8) is 0 Å². The van der Waals surface area contributed by atoms with Crippen molar-refractivity contribution >= 4 is 10.0 Å². The number of sulfonamides is 1. The molecule has 0 unspecified atom stereocenters. The highest BCUT2D eigenvalue weighted by Crippen LogP contribution is 2.10. The van der Waals surface area contributed by atoms with Crippen LogP contribution in [0.3, 0.4) is 0 Å². The van der Waals surface area contributed by atoms with Gasteiger partial charge in [0.15, 0.2) is 0 Å². The maximum Gasteiger partial charge on any atom is 0.243 e. The molecule has 1 aromatic rings. The number of hydrogen-bond acceptors (Lipinski definition) is 3. The maximum atomic E-state index is 11.7. The van der Waals surface area contributed by atoms with E-state index in [1.807, 2.05) is 0 Å². The predicted octanol–water partition coefficient (Wildman–Crippen LogP) is 0.800. The van der Waals surface area contributed by atoms with Crippen LogP contribution in [0.4, 0.5) is 0 Å². The van der Waals surface area contributed by atoms with Crippen LogP contribution in [-0.2, 0) is 10.0 Å². The summed E-state index contributed by atoms with van der Waals surface area (Å²) in [4.78, 5) is 0.199. The lowest BCUT2D eigenvalue weighted by Gasteiger charge is -2.04. The summed E-state index contributed by atoms with van der Waals surface area (Å²) < 4.78 is 26.0. The van der Waals surface area contributed by atoms with Crippen LogP contribution in [-0.4, -0.2) is 25.2 Å². The topological polar surface area (TPSA) is 74.8 Å². The smallest absolute Gasteiger partial charge is 0.243 e. The second kappa shape index (κ2) is 5.68. The lowest BCUT2D eigenvalue weighted by Crippen LogP contribution is -2.25. The second-order valence-electron chi connectivity index (χ2n) is 3.42. The van der Waals surface area contributed by atoms with E-state index in [9.17, 15) is 8.42 Å². The normalized spacial score (nSPS) is 11.2. The largest absolute Gasteiger partial charge is 0.281 e. The minimum absolute atomic E-state index is 0.199. The minimum Gasteiger partial charge on any atom is -0.281 e. The van der Waals surface area contributed by atoms with E-state index in [1.54, 1.807) is 6.92 Å². The summed E-state index contributed by atoms with van der Waals surface area (Å²) in [7, 11) is -3.43.